The number of carbonyl (C=O) groups is 3. The van der Waals surface area contributed by atoms with Gasteiger partial charge in [0.1, 0.15) is 0 Å². The van der Waals surface area contributed by atoms with Crippen molar-refractivity contribution < 1.29 is 14.4 Å². The van der Waals surface area contributed by atoms with Gasteiger partial charge in [-0.3, -0.25) is 19.3 Å². The van der Waals surface area contributed by atoms with Gasteiger partial charge >= 0.3 is 0 Å². The maximum atomic E-state index is 12.9. The fraction of sp³-hybridized carbons (Fsp3) is 0.160. The second-order valence-corrected chi connectivity index (χ2v) is 7.79. The minimum Gasteiger partial charge on any atom is -0.352 e. The molecule has 0 saturated carbocycles. The molecule has 0 saturated heterocycles. The summed E-state index contributed by atoms with van der Waals surface area (Å²) in [5.74, 6) is -0.141. The number of hydrogen-bond donors (Lipinski definition) is 1. The summed E-state index contributed by atoms with van der Waals surface area (Å²) in [6.07, 6.45) is 5.70. The molecule has 3 amide bonds. The molecule has 0 radical (unpaired) electrons. The predicted octanol–water partition coefficient (Wildman–Crippen LogP) is 3.11. The average Bonchev–Trinajstić information content (AvgIpc) is 3.38. The van der Waals surface area contributed by atoms with Gasteiger partial charge in [0.2, 0.25) is 5.91 Å². The lowest BCUT2D eigenvalue weighted by Crippen LogP contribution is -2.41. The van der Waals surface area contributed by atoms with Crippen molar-refractivity contribution in [1.82, 2.24) is 25.0 Å². The zero-order valence-corrected chi connectivity index (χ0v) is 17.8. The van der Waals surface area contributed by atoms with Gasteiger partial charge in [0.15, 0.2) is 5.82 Å². The molecule has 1 N–H and O–H groups in total. The van der Waals surface area contributed by atoms with Crippen molar-refractivity contribution in [1.29, 1.82) is 0 Å². The standard InChI is InChI=1S/C25H21N5O3/c31-21(27-16-18-8-3-12-26-23(18)30-15-5-13-28-30)11-4-14-29-24(32)19-9-1-6-17-7-2-10-20(22(17)19)25(29)33/h1-3,5-10,12-13,15H,4,11,14,16H2,(H,27,31). The minimum atomic E-state index is -0.316. The molecule has 8 heteroatoms. The number of pyridine rings is 1. The Bertz CT molecular complexity index is 1310. The van der Waals surface area contributed by atoms with Crippen LogP contribution >= 0.6 is 0 Å². The number of rotatable bonds is 7. The number of carbonyl (C=O) groups excluding carboxylic acids is 3. The van der Waals surface area contributed by atoms with Crippen molar-refractivity contribution in [2.45, 2.75) is 19.4 Å². The fourth-order valence-electron chi connectivity index (χ4n) is 4.13. The Labute approximate surface area is 189 Å². The number of imide groups is 1. The van der Waals surface area contributed by atoms with Gasteiger partial charge in [-0.05, 0) is 36.1 Å². The lowest BCUT2D eigenvalue weighted by molar-refractivity contribution is -0.121. The minimum absolute atomic E-state index is 0.162. The van der Waals surface area contributed by atoms with Crippen LogP contribution < -0.4 is 5.32 Å². The maximum Gasteiger partial charge on any atom is 0.261 e. The van der Waals surface area contributed by atoms with E-state index in [1.54, 1.807) is 47.5 Å². The Morgan fingerprint density at radius 1 is 0.909 bits per heavy atom. The van der Waals surface area contributed by atoms with Crippen LogP contribution in [0.1, 0.15) is 39.1 Å². The third kappa shape index (κ3) is 3.87. The number of amides is 3. The van der Waals surface area contributed by atoms with E-state index in [9.17, 15) is 14.4 Å². The average molecular weight is 439 g/mol. The molecule has 2 aromatic carbocycles. The van der Waals surface area contributed by atoms with E-state index < -0.39 is 0 Å². The van der Waals surface area contributed by atoms with E-state index in [0.29, 0.717) is 35.3 Å². The smallest absolute Gasteiger partial charge is 0.261 e. The summed E-state index contributed by atoms with van der Waals surface area (Å²) in [5.41, 5.74) is 1.88. The van der Waals surface area contributed by atoms with Crippen molar-refractivity contribution in [2.24, 2.45) is 0 Å². The van der Waals surface area contributed by atoms with E-state index in [0.717, 1.165) is 10.9 Å². The highest BCUT2D eigenvalue weighted by Crippen LogP contribution is 2.30. The molecule has 0 spiro atoms. The first-order valence-electron chi connectivity index (χ1n) is 10.7. The SMILES string of the molecule is O=C(CCCN1C(=O)c2cccc3cccc(c23)C1=O)NCc1cccnc1-n1cccn1. The molecule has 8 nitrogen and oxygen atoms in total. The van der Waals surface area contributed by atoms with Crippen molar-refractivity contribution in [3.8, 4) is 5.82 Å². The summed E-state index contributed by atoms with van der Waals surface area (Å²) >= 11 is 0. The van der Waals surface area contributed by atoms with Crippen LogP contribution in [-0.4, -0.2) is 43.9 Å². The molecule has 1 aliphatic rings. The summed E-state index contributed by atoms with van der Waals surface area (Å²) in [6.45, 7) is 0.486. The molecule has 0 atom stereocenters. The van der Waals surface area contributed by atoms with E-state index in [1.807, 2.05) is 30.3 Å². The normalized spacial score (nSPS) is 12.9. The maximum absolute atomic E-state index is 12.9. The predicted molar refractivity (Wildman–Crippen MR) is 122 cm³/mol. The van der Waals surface area contributed by atoms with Gasteiger partial charge in [-0.25, -0.2) is 9.67 Å². The number of hydrogen-bond acceptors (Lipinski definition) is 5. The van der Waals surface area contributed by atoms with E-state index in [-0.39, 0.29) is 30.7 Å². The Morgan fingerprint density at radius 3 is 2.36 bits per heavy atom. The highest BCUT2D eigenvalue weighted by atomic mass is 16.2. The Balaban J connectivity index is 1.20. The largest absolute Gasteiger partial charge is 0.352 e. The summed E-state index contributed by atoms with van der Waals surface area (Å²) in [4.78, 5) is 43.9. The second kappa shape index (κ2) is 8.66. The molecular formula is C25H21N5O3. The highest BCUT2D eigenvalue weighted by Gasteiger charge is 2.32. The molecule has 33 heavy (non-hydrogen) atoms. The second-order valence-electron chi connectivity index (χ2n) is 7.79. The monoisotopic (exact) mass is 439 g/mol. The molecule has 0 unspecified atom stereocenters. The van der Waals surface area contributed by atoms with Crippen molar-refractivity contribution >= 4 is 28.5 Å². The molecule has 3 heterocycles. The Kier molecular flexibility index (Phi) is 5.40. The van der Waals surface area contributed by atoms with Gasteiger partial charge in [0, 0.05) is 60.2 Å². The van der Waals surface area contributed by atoms with Gasteiger partial charge in [-0.15, -0.1) is 0 Å². The van der Waals surface area contributed by atoms with Crippen molar-refractivity contribution in [3.63, 3.8) is 0 Å². The molecule has 2 aromatic heterocycles. The van der Waals surface area contributed by atoms with Gasteiger partial charge in [-0.2, -0.15) is 5.10 Å². The first-order chi connectivity index (χ1) is 16.1. The summed E-state index contributed by atoms with van der Waals surface area (Å²) < 4.78 is 1.65. The lowest BCUT2D eigenvalue weighted by Gasteiger charge is -2.27. The van der Waals surface area contributed by atoms with Crippen molar-refractivity contribution in [3.05, 3.63) is 89.9 Å². The van der Waals surface area contributed by atoms with Crippen LogP contribution in [0.5, 0.6) is 0 Å². The van der Waals surface area contributed by atoms with Gasteiger partial charge < -0.3 is 5.32 Å². The van der Waals surface area contributed by atoms with Gasteiger partial charge in [-0.1, -0.05) is 30.3 Å². The molecule has 5 rings (SSSR count). The van der Waals surface area contributed by atoms with Gasteiger partial charge in [0.05, 0.1) is 0 Å². The van der Waals surface area contributed by atoms with Crippen LogP contribution in [0.2, 0.25) is 0 Å². The third-order valence-corrected chi connectivity index (χ3v) is 5.71. The van der Waals surface area contributed by atoms with E-state index in [4.69, 9.17) is 0 Å². The van der Waals surface area contributed by atoms with Gasteiger partial charge in [0.25, 0.3) is 11.8 Å². The van der Waals surface area contributed by atoms with Crippen LogP contribution in [0.3, 0.4) is 0 Å². The van der Waals surface area contributed by atoms with E-state index >= 15 is 0 Å². The fourth-order valence-corrected chi connectivity index (χ4v) is 4.13. The third-order valence-electron chi connectivity index (χ3n) is 5.71. The summed E-state index contributed by atoms with van der Waals surface area (Å²) in [7, 11) is 0. The first kappa shape index (κ1) is 20.6. The molecule has 0 aliphatic carbocycles. The van der Waals surface area contributed by atoms with Crippen LogP contribution in [0, 0.1) is 0 Å². The van der Waals surface area contributed by atoms with Crippen LogP contribution in [0.15, 0.2) is 73.2 Å². The van der Waals surface area contributed by atoms with E-state index in [1.165, 1.54) is 4.90 Å². The lowest BCUT2D eigenvalue weighted by atomic mass is 9.94. The quantitative estimate of drug-likeness (QED) is 0.446. The van der Waals surface area contributed by atoms with Crippen LogP contribution in [-0.2, 0) is 11.3 Å². The summed E-state index contributed by atoms with van der Waals surface area (Å²) in [6, 6.07) is 16.4. The molecule has 4 aromatic rings. The number of benzene rings is 2. The van der Waals surface area contributed by atoms with Crippen LogP contribution in [0.25, 0.3) is 16.6 Å². The number of nitrogens with zero attached hydrogens (tertiary/aromatic N) is 4. The first-order valence-corrected chi connectivity index (χ1v) is 10.7. The number of nitrogens with one attached hydrogen (secondary N) is 1. The Hall–Kier alpha value is -4.33. The van der Waals surface area contributed by atoms with Crippen molar-refractivity contribution in [2.75, 3.05) is 6.54 Å². The zero-order valence-electron chi connectivity index (χ0n) is 17.8. The van der Waals surface area contributed by atoms with E-state index in [2.05, 4.69) is 15.4 Å². The zero-order chi connectivity index (χ0) is 22.8. The molecular weight excluding hydrogens is 418 g/mol. The Morgan fingerprint density at radius 2 is 1.67 bits per heavy atom. The molecule has 0 bridgehead atoms. The molecule has 1 aliphatic heterocycles. The topological polar surface area (TPSA) is 97.2 Å². The number of aromatic nitrogens is 3. The molecule has 0 fully saturated rings. The summed E-state index contributed by atoms with van der Waals surface area (Å²) in [5, 5.41) is 8.65. The highest BCUT2D eigenvalue weighted by molar-refractivity contribution is 6.25. The molecule has 164 valence electrons. The van der Waals surface area contributed by atoms with Crippen LogP contribution in [0.4, 0.5) is 0 Å².